The first-order chi connectivity index (χ1) is 22.7. The smallest absolute Gasteiger partial charge is 0.352 e. The van der Waals surface area contributed by atoms with Crippen LogP contribution in [0, 0.1) is 6.92 Å². The summed E-state index contributed by atoms with van der Waals surface area (Å²) >= 11 is 10.5. The number of thioether (sulfide) groups is 2. The number of rotatable bonds is 2. The number of benzene rings is 3. The van der Waals surface area contributed by atoms with Gasteiger partial charge in [-0.25, -0.2) is 4.79 Å². The van der Waals surface area contributed by atoms with Crippen molar-refractivity contribution >= 4 is 62.8 Å². The van der Waals surface area contributed by atoms with Crippen LogP contribution in [0.4, 0.5) is 0 Å². The second-order valence-corrected chi connectivity index (χ2v) is 14.3. The van der Waals surface area contributed by atoms with Crippen LogP contribution in [0.5, 0.6) is 5.75 Å². The van der Waals surface area contributed by atoms with E-state index in [4.69, 9.17) is 26.5 Å². The summed E-state index contributed by atoms with van der Waals surface area (Å²) in [6.07, 6.45) is 1.19. The molecule has 7 rings (SSSR count). The number of hydrogen-bond acceptors (Lipinski definition) is 6. The minimum Gasteiger partial charge on any atom is -0.493 e. The van der Waals surface area contributed by atoms with Crippen molar-refractivity contribution < 1.29 is 14.6 Å². The lowest BCUT2D eigenvalue weighted by Crippen LogP contribution is -2.09. The van der Waals surface area contributed by atoms with Crippen LogP contribution in [0.15, 0.2) is 59.5 Å². The molecule has 11 heteroatoms. The van der Waals surface area contributed by atoms with E-state index in [9.17, 15) is 9.90 Å². The van der Waals surface area contributed by atoms with Gasteiger partial charge in [-0.1, -0.05) is 41.9 Å². The van der Waals surface area contributed by atoms with Crippen LogP contribution in [-0.4, -0.2) is 41.8 Å². The number of carboxylic acids is 1. The molecule has 0 saturated carbocycles. The minimum atomic E-state index is -0.962. The molecule has 0 fully saturated rings. The lowest BCUT2D eigenvalue weighted by molar-refractivity contribution is 0.0685. The summed E-state index contributed by atoms with van der Waals surface area (Å²) in [5.41, 5.74) is 7.76. The highest BCUT2D eigenvalue weighted by Crippen LogP contribution is 2.43. The Morgan fingerprint density at radius 2 is 1.85 bits per heavy atom. The number of aromatic carboxylic acids is 1. The normalized spacial score (nSPS) is 14.2. The molecule has 1 aliphatic rings. The fourth-order valence-electron chi connectivity index (χ4n) is 6.73. The molecule has 8 nitrogen and oxygen atoms in total. The number of aromatic nitrogens is 5. The van der Waals surface area contributed by atoms with Crippen molar-refractivity contribution in [2.45, 2.75) is 55.4 Å². The molecule has 3 aromatic carbocycles. The molecule has 3 aromatic heterocycles. The molecule has 0 aliphatic carbocycles. The number of hydrogen-bond donors (Lipinski definition) is 1. The number of halogens is 1. The zero-order valence-corrected chi connectivity index (χ0v) is 29.2. The first kappa shape index (κ1) is 31.7. The van der Waals surface area contributed by atoms with Crippen LogP contribution < -0.4 is 4.74 Å². The van der Waals surface area contributed by atoms with Crippen LogP contribution >= 0.6 is 35.1 Å². The Hall–Kier alpha value is -3.86. The molecule has 1 N–H and O–H groups in total. The molecule has 0 amide bonds. The summed E-state index contributed by atoms with van der Waals surface area (Å²) in [6, 6.07) is 18.7. The average molecular weight is 686 g/mol. The fourth-order valence-corrected chi connectivity index (χ4v) is 8.78. The van der Waals surface area contributed by atoms with Crippen molar-refractivity contribution in [3.63, 3.8) is 0 Å². The predicted octanol–water partition coefficient (Wildman–Crippen LogP) is 8.66. The van der Waals surface area contributed by atoms with Gasteiger partial charge in [-0.3, -0.25) is 9.36 Å². The van der Waals surface area contributed by atoms with Gasteiger partial charge >= 0.3 is 5.97 Å². The van der Waals surface area contributed by atoms with E-state index in [-0.39, 0.29) is 5.69 Å². The van der Waals surface area contributed by atoms with Gasteiger partial charge in [-0.2, -0.15) is 10.2 Å². The predicted molar refractivity (Wildman–Crippen MR) is 192 cm³/mol. The van der Waals surface area contributed by atoms with Crippen LogP contribution in [0.25, 0.3) is 32.8 Å². The van der Waals surface area contributed by atoms with Gasteiger partial charge in [0.05, 0.1) is 28.5 Å². The van der Waals surface area contributed by atoms with Gasteiger partial charge in [0, 0.05) is 76.1 Å². The Bertz CT molecular complexity index is 2170. The summed E-state index contributed by atoms with van der Waals surface area (Å²) < 4.78 is 12.2. The lowest BCUT2D eigenvalue weighted by Gasteiger charge is -2.13. The van der Waals surface area contributed by atoms with Gasteiger partial charge in [0.2, 0.25) is 0 Å². The maximum absolute atomic E-state index is 12.7. The largest absolute Gasteiger partial charge is 0.493 e. The Labute approximate surface area is 287 Å². The van der Waals surface area contributed by atoms with Gasteiger partial charge in [0.25, 0.3) is 0 Å². The molecule has 47 heavy (non-hydrogen) atoms. The van der Waals surface area contributed by atoms with E-state index in [1.165, 1.54) is 5.69 Å². The topological polar surface area (TPSA) is 87.1 Å². The van der Waals surface area contributed by atoms with Gasteiger partial charge in [0.1, 0.15) is 11.4 Å². The maximum atomic E-state index is 12.7. The van der Waals surface area contributed by atoms with Gasteiger partial charge < -0.3 is 14.4 Å². The van der Waals surface area contributed by atoms with Crippen LogP contribution in [0.3, 0.4) is 0 Å². The van der Waals surface area contributed by atoms with Gasteiger partial charge in [-0.05, 0) is 61.9 Å². The third kappa shape index (κ3) is 5.81. The average Bonchev–Trinajstić information content (AvgIpc) is 3.68. The molecule has 0 spiro atoms. The van der Waals surface area contributed by atoms with Crippen molar-refractivity contribution in [2.24, 2.45) is 14.1 Å². The first-order valence-electron chi connectivity index (χ1n) is 15.7. The molecule has 0 radical (unpaired) electrons. The van der Waals surface area contributed by atoms with Crippen LogP contribution in [0.1, 0.15) is 52.2 Å². The molecule has 0 atom stereocenters. The van der Waals surface area contributed by atoms with Crippen molar-refractivity contribution in [1.29, 1.82) is 0 Å². The summed E-state index contributed by atoms with van der Waals surface area (Å²) in [5.74, 6) is 2.07. The van der Waals surface area contributed by atoms with E-state index in [2.05, 4.69) is 41.9 Å². The zero-order valence-electron chi connectivity index (χ0n) is 26.8. The molecule has 6 aromatic rings. The maximum Gasteiger partial charge on any atom is 0.352 e. The van der Waals surface area contributed by atoms with E-state index in [1.54, 1.807) is 28.1 Å². The van der Waals surface area contributed by atoms with Crippen LogP contribution in [0.2, 0.25) is 5.02 Å². The Balaban J connectivity index is 1.36. The highest BCUT2D eigenvalue weighted by molar-refractivity contribution is 7.98. The highest BCUT2D eigenvalue weighted by atomic mass is 35.5. The second-order valence-electron chi connectivity index (χ2n) is 11.9. The highest BCUT2D eigenvalue weighted by Gasteiger charge is 2.27. The third-order valence-corrected chi connectivity index (χ3v) is 11.3. The molecule has 1 aliphatic heterocycles. The van der Waals surface area contributed by atoms with E-state index in [0.717, 1.165) is 84.1 Å². The summed E-state index contributed by atoms with van der Waals surface area (Å²) in [5, 5.41) is 23.9. The Kier molecular flexibility index (Phi) is 8.76. The van der Waals surface area contributed by atoms with Gasteiger partial charge in [-0.15, -0.1) is 23.5 Å². The standard InChI is InChI=1S/C36H36ClN5O3S2/c1-5-42-24-16-23(38-42)18-46-20-30-32(21(2)41(4)39-30)33-29(37)13-12-28-27(35(36(43)44)40(3)34(28)33)11-8-14-45-31-17-25(47-19-24)15-22-9-6-7-10-26(22)31/h6-7,9-10,12-13,15-17H,5,8,11,14,18-20H2,1-4H3,(H,43,44). The quantitative estimate of drug-likeness (QED) is 0.195. The monoisotopic (exact) mass is 685 g/mol. The van der Waals surface area contributed by atoms with E-state index >= 15 is 0 Å². The van der Waals surface area contributed by atoms with Crippen LogP contribution in [-0.2, 0) is 44.3 Å². The number of carbonyl (C=O) groups is 1. The van der Waals surface area contributed by atoms with E-state index in [1.807, 2.05) is 50.0 Å². The molecule has 8 bridgehead atoms. The van der Waals surface area contributed by atoms with Crippen molar-refractivity contribution in [2.75, 3.05) is 6.61 Å². The number of aryl methyl sites for hydroxylation is 4. The molecule has 0 saturated heterocycles. The molecular formula is C36H36ClN5O3S2. The molecule has 4 heterocycles. The fraction of sp³-hybridized carbons (Fsp3) is 0.306. The molecule has 242 valence electrons. The lowest BCUT2D eigenvalue weighted by atomic mass is 9.98. The summed E-state index contributed by atoms with van der Waals surface area (Å²) in [6.45, 7) is 5.42. The van der Waals surface area contributed by atoms with E-state index < -0.39 is 5.97 Å². The van der Waals surface area contributed by atoms with Gasteiger partial charge in [0.15, 0.2) is 0 Å². The third-order valence-electron chi connectivity index (χ3n) is 8.98. The first-order valence-corrected chi connectivity index (χ1v) is 18.2. The summed E-state index contributed by atoms with van der Waals surface area (Å²) in [4.78, 5) is 13.9. The number of fused-ring (bicyclic) bond motifs is 8. The molecular weight excluding hydrogens is 650 g/mol. The van der Waals surface area contributed by atoms with E-state index in [0.29, 0.717) is 30.2 Å². The molecule has 0 unspecified atom stereocenters. The Morgan fingerprint density at radius 3 is 2.66 bits per heavy atom. The summed E-state index contributed by atoms with van der Waals surface area (Å²) in [7, 11) is 3.76. The Morgan fingerprint density at radius 1 is 1.02 bits per heavy atom. The zero-order chi connectivity index (χ0) is 32.8. The van der Waals surface area contributed by atoms with Crippen molar-refractivity contribution in [3.8, 4) is 16.9 Å². The number of ether oxygens (including phenoxy) is 1. The minimum absolute atomic E-state index is 0.272. The SMILES string of the molecule is CCn1nc2cc1CSc1cc(c3ccccc3c1)OCCCc1c(C(=O)O)n(C)c3c(c(Cl)ccc13)-c1c(nn(C)c1C)CSC2. The van der Waals surface area contributed by atoms with Crippen molar-refractivity contribution in [3.05, 3.63) is 93.7 Å². The number of nitrogens with zero attached hydrogens (tertiary/aromatic N) is 5. The second kappa shape index (κ2) is 13.0. The number of carboxylic acid groups (broad SMARTS) is 1. The van der Waals surface area contributed by atoms with Crippen molar-refractivity contribution in [1.82, 2.24) is 24.1 Å².